The van der Waals surface area contributed by atoms with Gasteiger partial charge in [-0.05, 0) is 12.0 Å². The summed E-state index contributed by atoms with van der Waals surface area (Å²) < 4.78 is 23.4. The van der Waals surface area contributed by atoms with Gasteiger partial charge in [0.25, 0.3) is 0 Å². The third-order valence-corrected chi connectivity index (χ3v) is 1.12. The molecule has 0 amide bonds. The second-order valence-electron chi connectivity index (χ2n) is 1.99. The number of hydrogen-bond acceptors (Lipinski definition) is 0. The first-order valence-corrected chi connectivity index (χ1v) is 3.30. The summed E-state index contributed by atoms with van der Waals surface area (Å²) in [5, 5.41) is 0. The summed E-state index contributed by atoms with van der Waals surface area (Å²) in [6.07, 6.45) is 1.61. The molecule has 0 aliphatic carbocycles. The Hall–Kier alpha value is -0.660. The molecular weight excluding hydrogens is 134 g/mol. The highest BCUT2D eigenvalue weighted by molar-refractivity contribution is 5.15. The highest BCUT2D eigenvalue weighted by Crippen LogP contribution is 2.10. The highest BCUT2D eigenvalue weighted by atomic mass is 19.3. The van der Waals surface area contributed by atoms with Crippen molar-refractivity contribution in [3.63, 3.8) is 0 Å². The van der Waals surface area contributed by atoms with E-state index in [2.05, 4.69) is 6.58 Å². The Morgan fingerprint density at radius 1 is 1.60 bits per heavy atom. The maximum absolute atomic E-state index is 11.7. The molecule has 0 aliphatic heterocycles. The van der Waals surface area contributed by atoms with E-state index in [1.54, 1.807) is 6.08 Å². The van der Waals surface area contributed by atoms with Crippen molar-refractivity contribution < 1.29 is 8.78 Å². The zero-order chi connectivity index (χ0) is 7.98. The summed E-state index contributed by atoms with van der Waals surface area (Å²) in [5.74, 6) is 0. The fourth-order valence-electron chi connectivity index (χ4n) is 0.690. The summed E-state index contributed by atoms with van der Waals surface area (Å²) in [4.78, 5) is 0. The SMILES string of the molecule is C=C/C(=C\CC)CC(F)F. The van der Waals surface area contributed by atoms with Crippen molar-refractivity contribution in [3.05, 3.63) is 24.3 Å². The summed E-state index contributed by atoms with van der Waals surface area (Å²) in [6, 6.07) is 0. The number of allylic oxidation sites excluding steroid dienone is 3. The molecule has 0 aromatic heterocycles. The molecule has 0 aromatic rings. The van der Waals surface area contributed by atoms with Gasteiger partial charge in [-0.25, -0.2) is 8.78 Å². The predicted octanol–water partition coefficient (Wildman–Crippen LogP) is 3.16. The van der Waals surface area contributed by atoms with Gasteiger partial charge in [0, 0.05) is 6.42 Å². The molecule has 0 heterocycles. The van der Waals surface area contributed by atoms with Crippen LogP contribution in [0.5, 0.6) is 0 Å². The van der Waals surface area contributed by atoms with Crippen LogP contribution in [0.2, 0.25) is 0 Å². The zero-order valence-corrected chi connectivity index (χ0v) is 6.11. The molecule has 0 atom stereocenters. The number of halogens is 2. The van der Waals surface area contributed by atoms with Gasteiger partial charge < -0.3 is 0 Å². The molecule has 0 unspecified atom stereocenters. The van der Waals surface area contributed by atoms with Gasteiger partial charge >= 0.3 is 0 Å². The number of alkyl halides is 2. The standard InChI is InChI=1S/C8H12F2/c1-3-5-7(4-2)6-8(9)10/h4-5,8H,2-3,6H2,1H3/b7-5+. The van der Waals surface area contributed by atoms with Crippen LogP contribution in [0.15, 0.2) is 24.3 Å². The van der Waals surface area contributed by atoms with E-state index in [0.717, 1.165) is 6.42 Å². The first-order chi connectivity index (χ1) is 4.70. The van der Waals surface area contributed by atoms with E-state index >= 15 is 0 Å². The van der Waals surface area contributed by atoms with Crippen LogP contribution < -0.4 is 0 Å². The normalized spacial score (nSPS) is 12.2. The second kappa shape index (κ2) is 5.15. The maximum Gasteiger partial charge on any atom is 0.242 e. The van der Waals surface area contributed by atoms with Crippen LogP contribution in [0, 0.1) is 0 Å². The molecular formula is C8H12F2. The van der Waals surface area contributed by atoms with Gasteiger partial charge in [-0.1, -0.05) is 25.7 Å². The molecule has 0 spiro atoms. The monoisotopic (exact) mass is 146 g/mol. The van der Waals surface area contributed by atoms with Gasteiger partial charge in [-0.2, -0.15) is 0 Å². The third-order valence-electron chi connectivity index (χ3n) is 1.12. The van der Waals surface area contributed by atoms with Crippen LogP contribution >= 0.6 is 0 Å². The summed E-state index contributed by atoms with van der Waals surface area (Å²) in [7, 11) is 0. The molecule has 0 saturated heterocycles. The van der Waals surface area contributed by atoms with Crippen molar-refractivity contribution in [1.82, 2.24) is 0 Å². The van der Waals surface area contributed by atoms with Crippen molar-refractivity contribution in [2.75, 3.05) is 0 Å². The third kappa shape index (κ3) is 4.24. The van der Waals surface area contributed by atoms with E-state index in [1.165, 1.54) is 6.08 Å². The highest BCUT2D eigenvalue weighted by Gasteiger charge is 2.02. The summed E-state index contributed by atoms with van der Waals surface area (Å²) in [6.45, 7) is 5.34. The second-order valence-corrected chi connectivity index (χ2v) is 1.99. The van der Waals surface area contributed by atoms with Crippen molar-refractivity contribution in [2.24, 2.45) is 0 Å². The molecule has 0 nitrogen and oxygen atoms in total. The van der Waals surface area contributed by atoms with Crippen molar-refractivity contribution in [3.8, 4) is 0 Å². The van der Waals surface area contributed by atoms with Crippen molar-refractivity contribution in [2.45, 2.75) is 26.2 Å². The van der Waals surface area contributed by atoms with Gasteiger partial charge in [-0.15, -0.1) is 0 Å². The van der Waals surface area contributed by atoms with E-state index in [0.29, 0.717) is 5.57 Å². The summed E-state index contributed by atoms with van der Waals surface area (Å²) >= 11 is 0. The van der Waals surface area contributed by atoms with Gasteiger partial charge in [-0.3, -0.25) is 0 Å². The van der Waals surface area contributed by atoms with Crippen LogP contribution in [-0.4, -0.2) is 6.43 Å². The predicted molar refractivity (Wildman–Crippen MR) is 39.2 cm³/mol. The molecule has 0 saturated carbocycles. The van der Waals surface area contributed by atoms with Crippen LogP contribution in [-0.2, 0) is 0 Å². The molecule has 0 N–H and O–H groups in total. The topological polar surface area (TPSA) is 0 Å². The van der Waals surface area contributed by atoms with Gasteiger partial charge in [0.15, 0.2) is 0 Å². The van der Waals surface area contributed by atoms with E-state index < -0.39 is 6.43 Å². The van der Waals surface area contributed by atoms with Gasteiger partial charge in [0.05, 0.1) is 0 Å². The lowest BCUT2D eigenvalue weighted by Gasteiger charge is -1.98. The average molecular weight is 146 g/mol. The molecule has 0 rings (SSSR count). The van der Waals surface area contributed by atoms with Crippen molar-refractivity contribution >= 4 is 0 Å². The van der Waals surface area contributed by atoms with E-state index in [1.807, 2.05) is 6.92 Å². The van der Waals surface area contributed by atoms with Crippen LogP contribution in [0.25, 0.3) is 0 Å². The van der Waals surface area contributed by atoms with E-state index in [-0.39, 0.29) is 6.42 Å². The fraction of sp³-hybridized carbons (Fsp3) is 0.500. The lowest BCUT2D eigenvalue weighted by Crippen LogP contribution is -1.91. The largest absolute Gasteiger partial charge is 0.242 e. The zero-order valence-electron chi connectivity index (χ0n) is 6.11. The lowest BCUT2D eigenvalue weighted by molar-refractivity contribution is 0.150. The fourth-order valence-corrected chi connectivity index (χ4v) is 0.690. The van der Waals surface area contributed by atoms with Crippen LogP contribution in [0.4, 0.5) is 8.78 Å². The minimum Gasteiger partial charge on any atom is -0.210 e. The van der Waals surface area contributed by atoms with Crippen LogP contribution in [0.3, 0.4) is 0 Å². The molecule has 10 heavy (non-hydrogen) atoms. The van der Waals surface area contributed by atoms with Gasteiger partial charge in [0.2, 0.25) is 6.43 Å². The smallest absolute Gasteiger partial charge is 0.210 e. The molecule has 58 valence electrons. The summed E-state index contributed by atoms with van der Waals surface area (Å²) in [5.41, 5.74) is 0.637. The maximum atomic E-state index is 11.7. The Bertz CT molecular complexity index is 125. The Labute approximate surface area is 60.2 Å². The number of rotatable bonds is 4. The quantitative estimate of drug-likeness (QED) is 0.534. The molecule has 0 radical (unpaired) electrons. The van der Waals surface area contributed by atoms with Crippen molar-refractivity contribution in [1.29, 1.82) is 0 Å². The first kappa shape index (κ1) is 9.34. The lowest BCUT2D eigenvalue weighted by atomic mass is 10.1. The molecule has 0 bridgehead atoms. The Kier molecular flexibility index (Phi) is 4.81. The average Bonchev–Trinajstić information content (AvgIpc) is 1.86. The Balaban J connectivity index is 3.83. The Morgan fingerprint density at radius 2 is 2.20 bits per heavy atom. The van der Waals surface area contributed by atoms with Crippen LogP contribution in [0.1, 0.15) is 19.8 Å². The minimum absolute atomic E-state index is 0.169. The molecule has 0 aliphatic rings. The van der Waals surface area contributed by atoms with E-state index in [4.69, 9.17) is 0 Å². The first-order valence-electron chi connectivity index (χ1n) is 3.30. The molecule has 2 heteroatoms. The number of hydrogen-bond donors (Lipinski definition) is 0. The Morgan fingerprint density at radius 3 is 2.50 bits per heavy atom. The molecule has 0 aromatic carbocycles. The van der Waals surface area contributed by atoms with E-state index in [9.17, 15) is 8.78 Å². The van der Waals surface area contributed by atoms with Gasteiger partial charge in [0.1, 0.15) is 0 Å². The minimum atomic E-state index is -2.25. The molecule has 0 fully saturated rings.